The van der Waals surface area contributed by atoms with E-state index in [-0.39, 0.29) is 0 Å². The minimum absolute atomic E-state index is 0.302. The summed E-state index contributed by atoms with van der Waals surface area (Å²) in [6, 6.07) is 23.4. The summed E-state index contributed by atoms with van der Waals surface area (Å²) >= 11 is 17.9. The third kappa shape index (κ3) is 5.70. The van der Waals surface area contributed by atoms with Gasteiger partial charge >= 0.3 is 0 Å². The van der Waals surface area contributed by atoms with Crippen LogP contribution in [0.4, 0.5) is 0 Å². The molecule has 0 spiro atoms. The molecule has 3 rings (SSSR count). The lowest BCUT2D eigenvalue weighted by molar-refractivity contribution is 0.306. The van der Waals surface area contributed by atoms with Crippen molar-refractivity contribution in [1.29, 1.82) is 0 Å². The van der Waals surface area contributed by atoms with Gasteiger partial charge in [-0.25, -0.2) is 0 Å². The van der Waals surface area contributed by atoms with Crippen LogP contribution in [0.25, 0.3) is 0 Å². The molecule has 2 nitrogen and oxygen atoms in total. The van der Waals surface area contributed by atoms with Crippen LogP contribution >= 0.6 is 35.4 Å². The Hall–Kier alpha value is -2.07. The predicted molar refractivity (Wildman–Crippen MR) is 117 cm³/mol. The second kappa shape index (κ2) is 9.75. The molecule has 27 heavy (non-hydrogen) atoms. The number of halogens is 2. The molecule has 0 aliphatic heterocycles. The molecular weight excluding hydrogens is 397 g/mol. The van der Waals surface area contributed by atoms with Crippen LogP contribution in [0.15, 0.2) is 72.8 Å². The van der Waals surface area contributed by atoms with Crippen LogP contribution in [0.3, 0.4) is 0 Å². The first-order valence-corrected chi connectivity index (χ1v) is 9.78. The minimum Gasteiger partial charge on any atom is -0.489 e. The molecule has 1 N–H and O–H groups in total. The van der Waals surface area contributed by atoms with Crippen LogP contribution in [0, 0.1) is 0 Å². The molecule has 0 radical (unpaired) electrons. The first-order valence-electron chi connectivity index (χ1n) is 8.61. The monoisotopic (exact) mass is 415 g/mol. The molecule has 0 heterocycles. The van der Waals surface area contributed by atoms with Crippen molar-refractivity contribution in [1.82, 2.24) is 5.32 Å². The molecule has 5 heteroatoms. The van der Waals surface area contributed by atoms with Crippen LogP contribution in [0.5, 0.6) is 5.75 Å². The summed E-state index contributed by atoms with van der Waals surface area (Å²) in [6.07, 6.45) is 0.919. The van der Waals surface area contributed by atoms with Crippen LogP contribution in [-0.2, 0) is 13.0 Å². The fraction of sp³-hybridized carbons (Fsp3) is 0.136. The van der Waals surface area contributed by atoms with Gasteiger partial charge in [0.15, 0.2) is 0 Å². The van der Waals surface area contributed by atoms with Crippen molar-refractivity contribution >= 4 is 40.4 Å². The summed E-state index contributed by atoms with van der Waals surface area (Å²) in [6.45, 7) is 1.08. The molecule has 0 saturated heterocycles. The van der Waals surface area contributed by atoms with E-state index in [1.54, 1.807) is 12.1 Å². The van der Waals surface area contributed by atoms with E-state index in [1.165, 1.54) is 5.56 Å². The molecule has 0 unspecified atom stereocenters. The molecule has 0 aromatic heterocycles. The Bertz CT molecular complexity index is 895. The highest BCUT2D eigenvalue weighted by molar-refractivity contribution is 7.80. The van der Waals surface area contributed by atoms with Gasteiger partial charge in [0.2, 0.25) is 0 Å². The Morgan fingerprint density at radius 1 is 0.889 bits per heavy atom. The first-order chi connectivity index (χ1) is 13.1. The van der Waals surface area contributed by atoms with Gasteiger partial charge in [-0.05, 0) is 36.2 Å². The lowest BCUT2D eigenvalue weighted by Gasteiger charge is -2.12. The predicted octanol–water partition coefficient (Wildman–Crippen LogP) is 6.08. The summed E-state index contributed by atoms with van der Waals surface area (Å²) < 4.78 is 5.86. The number of hydrogen-bond acceptors (Lipinski definition) is 2. The molecule has 3 aromatic carbocycles. The van der Waals surface area contributed by atoms with Crippen molar-refractivity contribution in [2.24, 2.45) is 0 Å². The van der Waals surface area contributed by atoms with E-state index < -0.39 is 0 Å². The SMILES string of the molecule is S=C(NCCc1ccccc1)c1cccc(OCc2c(Cl)cccc2Cl)c1. The quantitative estimate of drug-likeness (QED) is 0.472. The highest BCUT2D eigenvalue weighted by Gasteiger charge is 2.07. The summed E-state index contributed by atoms with van der Waals surface area (Å²) in [5, 5.41) is 4.49. The van der Waals surface area contributed by atoms with Gasteiger partial charge in [0.25, 0.3) is 0 Å². The normalized spacial score (nSPS) is 10.4. The van der Waals surface area contributed by atoms with Gasteiger partial charge in [0, 0.05) is 27.7 Å². The molecule has 0 aliphatic rings. The van der Waals surface area contributed by atoms with E-state index in [4.69, 9.17) is 40.2 Å². The summed E-state index contributed by atoms with van der Waals surface area (Å²) in [5.41, 5.74) is 2.97. The van der Waals surface area contributed by atoms with Crippen LogP contribution < -0.4 is 10.1 Å². The van der Waals surface area contributed by atoms with Gasteiger partial charge < -0.3 is 10.1 Å². The molecule has 0 bridgehead atoms. The topological polar surface area (TPSA) is 21.3 Å². The zero-order valence-corrected chi connectivity index (χ0v) is 17.0. The van der Waals surface area contributed by atoms with Gasteiger partial charge in [0.1, 0.15) is 17.3 Å². The van der Waals surface area contributed by atoms with E-state index in [1.807, 2.05) is 48.5 Å². The summed E-state index contributed by atoms with van der Waals surface area (Å²) in [5.74, 6) is 0.718. The van der Waals surface area contributed by atoms with E-state index in [9.17, 15) is 0 Å². The summed E-state index contributed by atoms with van der Waals surface area (Å²) in [4.78, 5) is 0.701. The van der Waals surface area contributed by atoms with Crippen molar-refractivity contribution in [3.05, 3.63) is 99.5 Å². The Kier molecular flexibility index (Phi) is 7.11. The summed E-state index contributed by atoms with van der Waals surface area (Å²) in [7, 11) is 0. The zero-order valence-electron chi connectivity index (χ0n) is 14.6. The largest absolute Gasteiger partial charge is 0.489 e. The smallest absolute Gasteiger partial charge is 0.120 e. The zero-order chi connectivity index (χ0) is 19.1. The Morgan fingerprint density at radius 3 is 2.33 bits per heavy atom. The molecule has 0 saturated carbocycles. The molecule has 0 aliphatic carbocycles. The van der Waals surface area contributed by atoms with Crippen LogP contribution in [0.2, 0.25) is 10.0 Å². The van der Waals surface area contributed by atoms with Gasteiger partial charge in [-0.2, -0.15) is 0 Å². The van der Waals surface area contributed by atoms with Gasteiger partial charge in [-0.15, -0.1) is 0 Å². The maximum Gasteiger partial charge on any atom is 0.120 e. The third-order valence-corrected chi connectivity index (χ3v) is 5.17. The fourth-order valence-electron chi connectivity index (χ4n) is 2.62. The van der Waals surface area contributed by atoms with E-state index >= 15 is 0 Å². The van der Waals surface area contributed by atoms with E-state index in [0.717, 1.165) is 29.8 Å². The van der Waals surface area contributed by atoms with E-state index in [0.29, 0.717) is 21.6 Å². The minimum atomic E-state index is 0.302. The van der Waals surface area contributed by atoms with Crippen molar-refractivity contribution in [3.8, 4) is 5.75 Å². The highest BCUT2D eigenvalue weighted by atomic mass is 35.5. The second-order valence-electron chi connectivity index (χ2n) is 6.01. The first kappa shape index (κ1) is 19.7. The average Bonchev–Trinajstić information content (AvgIpc) is 2.68. The van der Waals surface area contributed by atoms with Gasteiger partial charge in [-0.1, -0.05) is 84.0 Å². The average molecular weight is 416 g/mol. The Balaban J connectivity index is 1.57. The van der Waals surface area contributed by atoms with Crippen LogP contribution in [-0.4, -0.2) is 11.5 Å². The number of hydrogen-bond donors (Lipinski definition) is 1. The van der Waals surface area contributed by atoms with Crippen LogP contribution in [0.1, 0.15) is 16.7 Å². The number of nitrogens with one attached hydrogen (secondary N) is 1. The van der Waals surface area contributed by atoms with Crippen molar-refractivity contribution in [2.75, 3.05) is 6.54 Å². The molecule has 3 aromatic rings. The highest BCUT2D eigenvalue weighted by Crippen LogP contribution is 2.26. The molecule has 138 valence electrons. The number of thiocarbonyl (C=S) groups is 1. The lowest BCUT2D eigenvalue weighted by Crippen LogP contribution is -2.24. The molecule has 0 fully saturated rings. The maximum atomic E-state index is 6.19. The third-order valence-electron chi connectivity index (χ3n) is 4.08. The molecular formula is C22H19Cl2NOS. The number of rotatable bonds is 7. The molecule has 0 atom stereocenters. The van der Waals surface area contributed by atoms with Crippen molar-refractivity contribution in [2.45, 2.75) is 13.0 Å². The molecule has 0 amide bonds. The van der Waals surface area contributed by atoms with Crippen molar-refractivity contribution < 1.29 is 4.74 Å². The van der Waals surface area contributed by atoms with Gasteiger partial charge in [-0.3, -0.25) is 0 Å². The number of ether oxygens (including phenoxy) is 1. The Morgan fingerprint density at radius 2 is 1.59 bits per heavy atom. The number of benzene rings is 3. The second-order valence-corrected chi connectivity index (χ2v) is 7.23. The maximum absolute atomic E-state index is 6.19. The van der Waals surface area contributed by atoms with E-state index in [2.05, 4.69) is 17.4 Å². The van der Waals surface area contributed by atoms with Crippen molar-refractivity contribution in [3.63, 3.8) is 0 Å². The Labute approximate surface area is 175 Å². The van der Waals surface area contributed by atoms with Gasteiger partial charge in [0.05, 0.1) is 0 Å². The standard InChI is InChI=1S/C22H19Cl2NOS/c23-20-10-5-11-21(24)19(20)15-26-18-9-4-8-17(14-18)22(27)25-13-12-16-6-2-1-3-7-16/h1-11,14H,12-13,15H2,(H,25,27). The lowest BCUT2D eigenvalue weighted by atomic mass is 10.1. The fourth-order valence-corrected chi connectivity index (χ4v) is 3.36.